The van der Waals surface area contributed by atoms with Crippen LogP contribution in [0.2, 0.25) is 0 Å². The lowest BCUT2D eigenvalue weighted by Gasteiger charge is -2.31. The Morgan fingerprint density at radius 2 is 1.89 bits per heavy atom. The summed E-state index contributed by atoms with van der Waals surface area (Å²) in [5.41, 5.74) is 7.12. The minimum atomic E-state index is -0.549. The maximum absolute atomic E-state index is 10.4. The highest BCUT2D eigenvalue weighted by molar-refractivity contribution is 7.13. The molecule has 0 spiro atoms. The number of aromatic nitrogens is 6. The van der Waals surface area contributed by atoms with Gasteiger partial charge in [0.1, 0.15) is 11.9 Å². The predicted octanol–water partition coefficient (Wildman–Crippen LogP) is 5.82. The number of rotatable bonds is 6. The van der Waals surface area contributed by atoms with E-state index in [0.29, 0.717) is 11.6 Å². The van der Waals surface area contributed by atoms with E-state index < -0.39 is 6.23 Å². The molecule has 1 fully saturated rings. The van der Waals surface area contributed by atoms with Crippen LogP contribution in [0.3, 0.4) is 0 Å². The Morgan fingerprint density at radius 3 is 2.72 bits per heavy atom. The van der Waals surface area contributed by atoms with E-state index in [9.17, 15) is 5.11 Å². The van der Waals surface area contributed by atoms with Crippen molar-refractivity contribution in [2.45, 2.75) is 25.5 Å². The minimum absolute atomic E-state index is 0.312. The van der Waals surface area contributed by atoms with Gasteiger partial charge in [0.15, 0.2) is 5.65 Å². The van der Waals surface area contributed by atoms with Gasteiger partial charge in [-0.05, 0) is 42.5 Å². The number of aromatic amines is 2. The maximum atomic E-state index is 10.4. The molecule has 178 valence electrons. The van der Waals surface area contributed by atoms with Crippen LogP contribution in [0.1, 0.15) is 19.3 Å². The summed E-state index contributed by atoms with van der Waals surface area (Å²) in [6.07, 6.45) is 11.9. The minimum Gasteiger partial charge on any atom is -0.374 e. The first-order valence-corrected chi connectivity index (χ1v) is 12.9. The van der Waals surface area contributed by atoms with Crippen LogP contribution in [0.4, 0.5) is 5.69 Å². The van der Waals surface area contributed by atoms with Crippen molar-refractivity contribution in [1.82, 2.24) is 30.1 Å². The zero-order valence-corrected chi connectivity index (χ0v) is 20.1. The van der Waals surface area contributed by atoms with E-state index in [-0.39, 0.29) is 0 Å². The van der Waals surface area contributed by atoms with Gasteiger partial charge in [-0.3, -0.25) is 15.1 Å². The fourth-order valence-electron chi connectivity index (χ4n) is 4.79. The van der Waals surface area contributed by atoms with Gasteiger partial charge in [0.2, 0.25) is 0 Å². The van der Waals surface area contributed by atoms with Crippen LogP contribution in [-0.2, 0) is 0 Å². The van der Waals surface area contributed by atoms with Gasteiger partial charge in [0, 0.05) is 56.8 Å². The molecule has 0 bridgehead atoms. The Bertz CT molecular complexity index is 1680. The standard InChI is InChI=1S/C27H23N7OS/c35-27(15-3-1-4-15)31-18-7-16(10-28-12-18)17-8-20-25(33-34-26(20)30-11-17)22-9-19-21(24-5-2-6-36-24)13-29-14-23(19)32-22/h2,5-15,27,31-32,35H,1,3-4H2,(H,30,33,34). The largest absolute Gasteiger partial charge is 0.374 e. The highest BCUT2D eigenvalue weighted by Crippen LogP contribution is 2.36. The number of fused-ring (bicyclic) bond motifs is 2. The van der Waals surface area contributed by atoms with Crippen LogP contribution in [0.15, 0.2) is 66.7 Å². The third-order valence-corrected chi connectivity index (χ3v) is 7.89. The molecular weight excluding hydrogens is 470 g/mol. The lowest BCUT2D eigenvalue weighted by Crippen LogP contribution is -2.33. The van der Waals surface area contributed by atoms with Crippen molar-refractivity contribution in [1.29, 1.82) is 0 Å². The summed E-state index contributed by atoms with van der Waals surface area (Å²) in [6, 6.07) is 10.4. The number of nitrogens with one attached hydrogen (secondary N) is 3. The first-order valence-electron chi connectivity index (χ1n) is 12.0. The van der Waals surface area contributed by atoms with Crippen molar-refractivity contribution < 1.29 is 5.11 Å². The van der Waals surface area contributed by atoms with Gasteiger partial charge < -0.3 is 15.4 Å². The third-order valence-electron chi connectivity index (χ3n) is 6.99. The van der Waals surface area contributed by atoms with Crippen LogP contribution in [0, 0.1) is 5.92 Å². The first-order chi connectivity index (χ1) is 17.7. The number of pyridine rings is 3. The summed E-state index contributed by atoms with van der Waals surface area (Å²) in [5.74, 6) is 0.312. The Balaban J connectivity index is 1.26. The van der Waals surface area contributed by atoms with Crippen molar-refractivity contribution >= 4 is 39.0 Å². The van der Waals surface area contributed by atoms with Crippen LogP contribution in [-0.4, -0.2) is 41.5 Å². The normalized spacial score (nSPS) is 14.8. The number of anilines is 1. The number of aliphatic hydroxyl groups is 1. The van der Waals surface area contributed by atoms with Gasteiger partial charge in [-0.15, -0.1) is 11.3 Å². The molecule has 36 heavy (non-hydrogen) atoms. The maximum Gasteiger partial charge on any atom is 0.155 e. The molecule has 0 amide bonds. The highest BCUT2D eigenvalue weighted by atomic mass is 32.1. The molecule has 7 rings (SSSR count). The highest BCUT2D eigenvalue weighted by Gasteiger charge is 2.25. The molecule has 0 saturated heterocycles. The molecule has 0 aliphatic heterocycles. The Labute approximate surface area is 210 Å². The summed E-state index contributed by atoms with van der Waals surface area (Å²) in [6.45, 7) is 0. The molecule has 6 aromatic heterocycles. The van der Waals surface area contributed by atoms with Crippen LogP contribution in [0.5, 0.6) is 0 Å². The second-order valence-corrected chi connectivity index (χ2v) is 10.2. The fourth-order valence-corrected chi connectivity index (χ4v) is 5.54. The van der Waals surface area contributed by atoms with E-state index in [1.54, 1.807) is 17.5 Å². The van der Waals surface area contributed by atoms with Gasteiger partial charge in [0.25, 0.3) is 0 Å². The molecular formula is C27H23N7OS. The average Bonchev–Trinajstić information content (AvgIpc) is 3.61. The van der Waals surface area contributed by atoms with Crippen molar-refractivity contribution in [2.24, 2.45) is 5.92 Å². The molecule has 6 aromatic rings. The van der Waals surface area contributed by atoms with Crippen molar-refractivity contribution in [3.63, 3.8) is 0 Å². The number of thiophene rings is 1. The van der Waals surface area contributed by atoms with Gasteiger partial charge in [0.05, 0.1) is 29.3 Å². The molecule has 1 atom stereocenters. The molecule has 1 unspecified atom stereocenters. The summed E-state index contributed by atoms with van der Waals surface area (Å²) in [4.78, 5) is 18.1. The summed E-state index contributed by atoms with van der Waals surface area (Å²) in [7, 11) is 0. The molecule has 1 aliphatic rings. The molecule has 0 radical (unpaired) electrons. The van der Waals surface area contributed by atoms with E-state index in [2.05, 4.69) is 59.0 Å². The Hall–Kier alpha value is -4.08. The Morgan fingerprint density at radius 1 is 1.00 bits per heavy atom. The zero-order valence-electron chi connectivity index (χ0n) is 19.3. The summed E-state index contributed by atoms with van der Waals surface area (Å²) < 4.78 is 0. The lowest BCUT2D eigenvalue weighted by atomic mass is 9.84. The second kappa shape index (κ2) is 8.54. The number of hydrogen-bond acceptors (Lipinski definition) is 7. The number of nitrogens with zero attached hydrogens (tertiary/aromatic N) is 4. The van der Waals surface area contributed by atoms with Crippen molar-refractivity contribution in [3.05, 3.63) is 66.7 Å². The molecule has 6 heterocycles. The van der Waals surface area contributed by atoms with Crippen molar-refractivity contribution in [3.8, 4) is 33.0 Å². The number of aliphatic hydroxyl groups excluding tert-OH is 1. The summed E-state index contributed by atoms with van der Waals surface area (Å²) >= 11 is 1.70. The van der Waals surface area contributed by atoms with E-state index in [4.69, 9.17) is 0 Å². The van der Waals surface area contributed by atoms with E-state index >= 15 is 0 Å². The fraction of sp³-hybridized carbons (Fsp3) is 0.185. The molecule has 1 aliphatic carbocycles. The molecule has 0 aromatic carbocycles. The van der Waals surface area contributed by atoms with Crippen LogP contribution in [0.25, 0.3) is 54.9 Å². The predicted molar refractivity (Wildman–Crippen MR) is 142 cm³/mol. The van der Waals surface area contributed by atoms with E-state index in [0.717, 1.165) is 62.9 Å². The second-order valence-electron chi connectivity index (χ2n) is 9.24. The Kier molecular flexibility index (Phi) is 5.04. The van der Waals surface area contributed by atoms with Gasteiger partial charge in [-0.2, -0.15) is 5.10 Å². The van der Waals surface area contributed by atoms with E-state index in [1.165, 1.54) is 11.3 Å². The van der Waals surface area contributed by atoms with Crippen LogP contribution < -0.4 is 5.32 Å². The SMILES string of the molecule is OC(Nc1cncc(-c2cnc3[nH]nc(-c4cc5c(-c6cccs6)cncc5[nH]4)c3c2)c1)C1CCC1. The van der Waals surface area contributed by atoms with E-state index in [1.807, 2.05) is 36.9 Å². The zero-order chi connectivity index (χ0) is 24.1. The van der Waals surface area contributed by atoms with Gasteiger partial charge in [-0.25, -0.2) is 4.98 Å². The number of H-pyrrole nitrogens is 2. The lowest BCUT2D eigenvalue weighted by molar-refractivity contribution is 0.0851. The smallest absolute Gasteiger partial charge is 0.155 e. The molecule has 4 N–H and O–H groups in total. The number of hydrogen-bond donors (Lipinski definition) is 4. The third kappa shape index (κ3) is 3.64. The average molecular weight is 494 g/mol. The first kappa shape index (κ1) is 21.2. The summed E-state index contributed by atoms with van der Waals surface area (Å²) in [5, 5.41) is 25.4. The molecule has 9 heteroatoms. The van der Waals surface area contributed by atoms with Gasteiger partial charge in [-0.1, -0.05) is 12.5 Å². The molecule has 8 nitrogen and oxygen atoms in total. The van der Waals surface area contributed by atoms with Crippen LogP contribution >= 0.6 is 11.3 Å². The monoisotopic (exact) mass is 493 g/mol. The quantitative estimate of drug-likeness (QED) is 0.217. The van der Waals surface area contributed by atoms with Crippen molar-refractivity contribution in [2.75, 3.05) is 5.32 Å². The molecule has 1 saturated carbocycles. The van der Waals surface area contributed by atoms with Gasteiger partial charge >= 0.3 is 0 Å². The topological polar surface area (TPSA) is 115 Å².